The summed E-state index contributed by atoms with van der Waals surface area (Å²) in [4.78, 5) is 0. The normalized spacial score (nSPS) is 15.6. The first-order valence-corrected chi connectivity index (χ1v) is 8.46. The lowest BCUT2D eigenvalue weighted by Gasteiger charge is -2.15. The third kappa shape index (κ3) is 5.13. The van der Waals surface area contributed by atoms with Crippen LogP contribution in [0.3, 0.4) is 0 Å². The van der Waals surface area contributed by atoms with Gasteiger partial charge in [0.05, 0.1) is 6.21 Å². The fraction of sp³-hybridized carbons (Fsp3) is 0.350. The average molecular weight is 308 g/mol. The Labute approximate surface area is 138 Å². The summed E-state index contributed by atoms with van der Waals surface area (Å²) in [5.41, 5.74) is 2.29. The highest BCUT2D eigenvalue weighted by atomic mass is 16.5. The highest BCUT2D eigenvalue weighted by Crippen LogP contribution is 2.14. The van der Waals surface area contributed by atoms with E-state index in [1.165, 1.54) is 31.2 Å². The maximum Gasteiger partial charge on any atom is 0.119 e. The number of benzene rings is 2. The van der Waals surface area contributed by atoms with E-state index in [9.17, 15) is 0 Å². The van der Waals surface area contributed by atoms with Crippen LogP contribution in [0.15, 0.2) is 59.7 Å². The van der Waals surface area contributed by atoms with E-state index in [1.807, 2.05) is 36.5 Å². The molecule has 1 aliphatic heterocycles. The third-order valence-electron chi connectivity index (χ3n) is 4.08. The van der Waals surface area contributed by atoms with Crippen molar-refractivity contribution in [1.82, 2.24) is 5.01 Å². The van der Waals surface area contributed by atoms with Gasteiger partial charge in [0.15, 0.2) is 0 Å². The molecule has 1 heterocycles. The first-order chi connectivity index (χ1) is 11.4. The van der Waals surface area contributed by atoms with Crippen molar-refractivity contribution < 1.29 is 4.74 Å². The second-order valence-corrected chi connectivity index (χ2v) is 5.96. The topological polar surface area (TPSA) is 24.8 Å². The zero-order valence-electron chi connectivity index (χ0n) is 13.5. The fourth-order valence-electron chi connectivity index (χ4n) is 2.71. The molecule has 1 aliphatic rings. The zero-order valence-corrected chi connectivity index (χ0v) is 13.5. The van der Waals surface area contributed by atoms with Gasteiger partial charge in [0, 0.05) is 13.1 Å². The molecule has 2 aromatic carbocycles. The van der Waals surface area contributed by atoms with Gasteiger partial charge in [-0.2, -0.15) is 5.10 Å². The molecule has 0 aromatic heterocycles. The van der Waals surface area contributed by atoms with Crippen LogP contribution in [0, 0.1) is 0 Å². The molecule has 0 atom stereocenters. The molecule has 2 aromatic rings. The monoisotopic (exact) mass is 308 g/mol. The number of nitrogens with zero attached hydrogens (tertiary/aromatic N) is 2. The molecule has 120 valence electrons. The van der Waals surface area contributed by atoms with Crippen LogP contribution in [0.5, 0.6) is 5.75 Å². The molecule has 0 unspecified atom stereocenters. The van der Waals surface area contributed by atoms with Crippen LogP contribution >= 0.6 is 0 Å². The van der Waals surface area contributed by atoms with Crippen molar-refractivity contribution in [3.63, 3.8) is 0 Å². The maximum atomic E-state index is 5.80. The van der Waals surface area contributed by atoms with Crippen LogP contribution in [0.1, 0.15) is 36.8 Å². The Morgan fingerprint density at radius 1 is 0.870 bits per heavy atom. The van der Waals surface area contributed by atoms with Crippen LogP contribution in [0.4, 0.5) is 0 Å². The molecule has 3 heteroatoms. The van der Waals surface area contributed by atoms with Gasteiger partial charge in [-0.15, -0.1) is 0 Å². The first-order valence-electron chi connectivity index (χ1n) is 8.46. The lowest BCUT2D eigenvalue weighted by atomic mass is 10.2. The van der Waals surface area contributed by atoms with Crippen LogP contribution < -0.4 is 4.74 Å². The Morgan fingerprint density at radius 3 is 2.26 bits per heavy atom. The summed E-state index contributed by atoms with van der Waals surface area (Å²) in [6.45, 7) is 2.76. The number of hydrazone groups is 1. The quantitative estimate of drug-likeness (QED) is 0.761. The van der Waals surface area contributed by atoms with E-state index >= 15 is 0 Å². The second kappa shape index (κ2) is 8.37. The van der Waals surface area contributed by atoms with Gasteiger partial charge in [0.2, 0.25) is 0 Å². The molecule has 3 rings (SSSR count). The van der Waals surface area contributed by atoms with Crippen molar-refractivity contribution in [1.29, 1.82) is 0 Å². The Kier molecular flexibility index (Phi) is 5.68. The molecular weight excluding hydrogens is 284 g/mol. The Balaban J connectivity index is 1.52. The lowest BCUT2D eigenvalue weighted by molar-refractivity contribution is 0.302. The van der Waals surface area contributed by atoms with E-state index < -0.39 is 0 Å². The predicted molar refractivity (Wildman–Crippen MR) is 94.9 cm³/mol. The molecule has 0 radical (unpaired) electrons. The van der Waals surface area contributed by atoms with Crippen LogP contribution in [0.25, 0.3) is 0 Å². The van der Waals surface area contributed by atoms with Crippen molar-refractivity contribution in [2.24, 2.45) is 5.10 Å². The minimum absolute atomic E-state index is 0.599. The van der Waals surface area contributed by atoms with Gasteiger partial charge in [-0.05, 0) is 48.2 Å². The molecule has 3 nitrogen and oxygen atoms in total. The number of hydrogen-bond donors (Lipinski definition) is 0. The Morgan fingerprint density at radius 2 is 1.57 bits per heavy atom. The summed E-state index contributed by atoms with van der Waals surface area (Å²) in [5, 5.41) is 6.79. The molecule has 1 saturated heterocycles. The van der Waals surface area contributed by atoms with Crippen LogP contribution in [-0.4, -0.2) is 24.3 Å². The number of rotatable bonds is 5. The van der Waals surface area contributed by atoms with E-state index in [-0.39, 0.29) is 0 Å². The van der Waals surface area contributed by atoms with Crippen molar-refractivity contribution >= 4 is 6.21 Å². The minimum Gasteiger partial charge on any atom is -0.489 e. The molecule has 0 aliphatic carbocycles. The van der Waals surface area contributed by atoms with E-state index in [2.05, 4.69) is 34.4 Å². The SMILES string of the molecule is C(=N/N1CCCCCC1)/c1ccc(OCc2ccccc2)cc1. The number of hydrogen-bond acceptors (Lipinski definition) is 3. The van der Waals surface area contributed by atoms with Gasteiger partial charge in [-0.1, -0.05) is 43.2 Å². The van der Waals surface area contributed by atoms with Gasteiger partial charge in [0.25, 0.3) is 0 Å². The van der Waals surface area contributed by atoms with Crippen molar-refractivity contribution in [2.45, 2.75) is 32.3 Å². The molecule has 0 spiro atoms. The summed E-state index contributed by atoms with van der Waals surface area (Å²) >= 11 is 0. The lowest BCUT2D eigenvalue weighted by Crippen LogP contribution is -2.18. The van der Waals surface area contributed by atoms with Gasteiger partial charge >= 0.3 is 0 Å². The predicted octanol–water partition coefficient (Wildman–Crippen LogP) is 4.48. The standard InChI is InChI=1S/C20H24N2O/c1-2-7-15-22(14-6-1)21-16-18-10-12-20(13-11-18)23-17-19-8-4-3-5-9-19/h3-5,8-13,16H,1-2,6-7,14-15,17H2/b21-16-. The molecule has 1 fully saturated rings. The highest BCUT2D eigenvalue weighted by Gasteiger charge is 2.05. The van der Waals surface area contributed by atoms with E-state index in [4.69, 9.17) is 4.74 Å². The summed E-state index contributed by atoms with van der Waals surface area (Å²) in [7, 11) is 0. The summed E-state index contributed by atoms with van der Waals surface area (Å²) in [6.07, 6.45) is 7.12. The van der Waals surface area contributed by atoms with Crippen molar-refractivity contribution in [3.8, 4) is 5.75 Å². The second-order valence-electron chi connectivity index (χ2n) is 5.96. The first kappa shape index (κ1) is 15.6. The summed E-state index contributed by atoms with van der Waals surface area (Å²) in [6, 6.07) is 18.3. The minimum atomic E-state index is 0.599. The largest absolute Gasteiger partial charge is 0.489 e. The molecule has 0 amide bonds. The van der Waals surface area contributed by atoms with E-state index in [0.717, 1.165) is 24.4 Å². The van der Waals surface area contributed by atoms with Crippen molar-refractivity contribution in [3.05, 3.63) is 65.7 Å². The summed E-state index contributed by atoms with van der Waals surface area (Å²) < 4.78 is 5.80. The maximum absolute atomic E-state index is 5.80. The van der Waals surface area contributed by atoms with Gasteiger partial charge in [0.1, 0.15) is 12.4 Å². The van der Waals surface area contributed by atoms with Crippen LogP contribution in [0.2, 0.25) is 0 Å². The molecule has 0 bridgehead atoms. The van der Waals surface area contributed by atoms with Gasteiger partial charge in [-0.3, -0.25) is 5.01 Å². The molecule has 23 heavy (non-hydrogen) atoms. The highest BCUT2D eigenvalue weighted by molar-refractivity contribution is 5.79. The Bertz CT molecular complexity index is 599. The van der Waals surface area contributed by atoms with Crippen molar-refractivity contribution in [2.75, 3.05) is 13.1 Å². The summed E-state index contributed by atoms with van der Waals surface area (Å²) in [5.74, 6) is 0.890. The van der Waals surface area contributed by atoms with E-state index in [1.54, 1.807) is 0 Å². The molecular formula is C20H24N2O. The third-order valence-corrected chi connectivity index (χ3v) is 4.08. The molecule has 0 N–H and O–H groups in total. The average Bonchev–Trinajstić information content (AvgIpc) is 2.89. The van der Waals surface area contributed by atoms with Gasteiger partial charge in [-0.25, -0.2) is 0 Å². The fourth-order valence-corrected chi connectivity index (χ4v) is 2.71. The number of ether oxygens (including phenoxy) is 1. The van der Waals surface area contributed by atoms with Gasteiger partial charge < -0.3 is 4.74 Å². The zero-order chi connectivity index (χ0) is 15.7. The van der Waals surface area contributed by atoms with E-state index in [0.29, 0.717) is 6.61 Å². The smallest absolute Gasteiger partial charge is 0.119 e. The Hall–Kier alpha value is -2.29. The van der Waals surface area contributed by atoms with Crippen LogP contribution in [-0.2, 0) is 6.61 Å². The molecule has 0 saturated carbocycles.